The molecule has 2 rings (SSSR count). The van der Waals surface area contributed by atoms with Crippen LogP contribution < -0.4 is 5.32 Å². The van der Waals surface area contributed by atoms with Crippen molar-refractivity contribution in [3.8, 4) is 0 Å². The minimum absolute atomic E-state index is 0.708. The molecule has 1 aliphatic heterocycles. The van der Waals surface area contributed by atoms with E-state index in [4.69, 9.17) is 0 Å². The van der Waals surface area contributed by atoms with E-state index in [9.17, 15) is 0 Å². The zero-order valence-electron chi connectivity index (χ0n) is 11.2. The Morgan fingerprint density at radius 2 is 1.53 bits per heavy atom. The average Bonchev–Trinajstić information content (AvgIpc) is 2.72. The molecular formula is C14H27N. The van der Waals surface area contributed by atoms with E-state index in [1.54, 1.807) is 0 Å². The third-order valence-electron chi connectivity index (χ3n) is 2.78. The Labute approximate surface area is 95.7 Å². The summed E-state index contributed by atoms with van der Waals surface area (Å²) in [5, 5.41) is 3.40. The molecule has 2 unspecified atom stereocenters. The lowest BCUT2D eigenvalue weighted by Crippen LogP contribution is -2.13. The Kier molecular flexibility index (Phi) is 7.19. The molecule has 0 bridgehead atoms. The second-order valence-electron chi connectivity index (χ2n) is 3.67. The van der Waals surface area contributed by atoms with Gasteiger partial charge >= 0.3 is 0 Å². The first-order chi connectivity index (χ1) is 7.27. The summed E-state index contributed by atoms with van der Waals surface area (Å²) < 4.78 is 0. The van der Waals surface area contributed by atoms with Crippen molar-refractivity contribution < 1.29 is 0 Å². The summed E-state index contributed by atoms with van der Waals surface area (Å²) in [7, 11) is 0. The summed E-state index contributed by atoms with van der Waals surface area (Å²) in [5.74, 6) is 1.44. The van der Waals surface area contributed by atoms with Gasteiger partial charge in [-0.3, -0.25) is 0 Å². The predicted octanol–water partition coefficient (Wildman–Crippen LogP) is 4.13. The molecule has 88 valence electrons. The average molecular weight is 209 g/mol. The zero-order chi connectivity index (χ0) is 11.8. The molecule has 1 aliphatic carbocycles. The van der Waals surface area contributed by atoms with Crippen LogP contribution in [-0.4, -0.2) is 6.54 Å². The highest BCUT2D eigenvalue weighted by atomic mass is 14.9. The summed E-state index contributed by atoms with van der Waals surface area (Å²) in [5.41, 5.74) is 2.94. The molecule has 2 atom stereocenters. The van der Waals surface area contributed by atoms with Gasteiger partial charge in [-0.25, -0.2) is 0 Å². The van der Waals surface area contributed by atoms with Gasteiger partial charge in [0.25, 0.3) is 0 Å². The maximum atomic E-state index is 3.40. The lowest BCUT2D eigenvalue weighted by molar-refractivity contribution is 0.542. The van der Waals surface area contributed by atoms with Crippen LogP contribution in [0.3, 0.4) is 0 Å². The van der Waals surface area contributed by atoms with Crippen molar-refractivity contribution in [2.24, 2.45) is 11.8 Å². The predicted molar refractivity (Wildman–Crippen MR) is 69.8 cm³/mol. The molecule has 1 fully saturated rings. The largest absolute Gasteiger partial charge is 0.385 e. The van der Waals surface area contributed by atoms with Gasteiger partial charge in [0.1, 0.15) is 0 Å². The van der Waals surface area contributed by atoms with Crippen molar-refractivity contribution in [2.75, 3.05) is 6.54 Å². The second kappa shape index (κ2) is 7.56. The molecule has 1 heteroatoms. The van der Waals surface area contributed by atoms with Crippen molar-refractivity contribution >= 4 is 0 Å². The van der Waals surface area contributed by atoms with Gasteiger partial charge in [0, 0.05) is 12.2 Å². The van der Waals surface area contributed by atoms with Crippen LogP contribution in [-0.2, 0) is 0 Å². The van der Waals surface area contributed by atoms with Crippen LogP contribution in [0.1, 0.15) is 48.0 Å². The molecule has 1 nitrogen and oxygen atoms in total. The number of rotatable bonds is 0. The first-order valence-electron chi connectivity index (χ1n) is 6.44. The number of fused-ring (bicyclic) bond motifs is 1. The van der Waals surface area contributed by atoms with Gasteiger partial charge in [-0.05, 0) is 23.8 Å². The standard InChI is InChI=1S/C10H15N.2C2H6/c1-7-5-9-3-4-11-10(9)6-8(7)2;2*1-2/h5-8,11H,3-4H2,1-2H3;2*1-2H3. The van der Waals surface area contributed by atoms with Crippen LogP contribution in [0.2, 0.25) is 0 Å². The van der Waals surface area contributed by atoms with E-state index in [0.29, 0.717) is 5.92 Å². The van der Waals surface area contributed by atoms with E-state index in [-0.39, 0.29) is 0 Å². The molecule has 0 saturated carbocycles. The quantitative estimate of drug-likeness (QED) is 0.632. The number of hydrogen-bond acceptors (Lipinski definition) is 1. The topological polar surface area (TPSA) is 12.0 Å². The number of nitrogens with one attached hydrogen (secondary N) is 1. The number of hydrogen-bond donors (Lipinski definition) is 1. The van der Waals surface area contributed by atoms with E-state index < -0.39 is 0 Å². The molecule has 1 heterocycles. The molecule has 1 N–H and O–H groups in total. The maximum absolute atomic E-state index is 3.40. The van der Waals surface area contributed by atoms with Crippen molar-refractivity contribution in [1.29, 1.82) is 0 Å². The number of allylic oxidation sites excluding steroid dienone is 3. The minimum atomic E-state index is 0.708. The summed E-state index contributed by atoms with van der Waals surface area (Å²) in [6.07, 6.45) is 6.01. The van der Waals surface area contributed by atoms with Crippen LogP contribution >= 0.6 is 0 Å². The molecule has 0 radical (unpaired) electrons. The Morgan fingerprint density at radius 1 is 1.00 bits per heavy atom. The fourth-order valence-electron chi connectivity index (χ4n) is 1.80. The van der Waals surface area contributed by atoms with Gasteiger partial charge in [0.2, 0.25) is 0 Å². The van der Waals surface area contributed by atoms with E-state index in [1.807, 2.05) is 27.7 Å². The van der Waals surface area contributed by atoms with Crippen molar-refractivity contribution in [1.82, 2.24) is 5.32 Å². The molecule has 0 amide bonds. The first-order valence-corrected chi connectivity index (χ1v) is 6.44. The fraction of sp³-hybridized carbons (Fsp3) is 0.714. The van der Waals surface area contributed by atoms with Gasteiger partial charge < -0.3 is 5.32 Å². The summed E-state index contributed by atoms with van der Waals surface area (Å²) in [6, 6.07) is 0. The monoisotopic (exact) mass is 209 g/mol. The van der Waals surface area contributed by atoms with Gasteiger partial charge in [-0.1, -0.05) is 53.7 Å². The molecule has 2 aliphatic rings. The Bertz CT molecular complexity index is 201. The highest BCUT2D eigenvalue weighted by Crippen LogP contribution is 2.30. The molecule has 0 spiro atoms. The highest BCUT2D eigenvalue weighted by molar-refractivity contribution is 5.37. The van der Waals surface area contributed by atoms with E-state index in [2.05, 4.69) is 31.3 Å². The van der Waals surface area contributed by atoms with Gasteiger partial charge in [0.05, 0.1) is 0 Å². The van der Waals surface area contributed by atoms with Crippen LogP contribution in [0, 0.1) is 11.8 Å². The first kappa shape index (κ1) is 14.3. The van der Waals surface area contributed by atoms with Crippen LogP contribution in [0.4, 0.5) is 0 Å². The smallest absolute Gasteiger partial charge is 0.0332 e. The van der Waals surface area contributed by atoms with Crippen molar-refractivity contribution in [2.45, 2.75) is 48.0 Å². The Balaban J connectivity index is 0.000000442. The van der Waals surface area contributed by atoms with Gasteiger partial charge in [0.15, 0.2) is 0 Å². The Morgan fingerprint density at radius 3 is 2.13 bits per heavy atom. The minimum Gasteiger partial charge on any atom is -0.385 e. The summed E-state index contributed by atoms with van der Waals surface area (Å²) in [6.45, 7) is 13.7. The molecule has 0 aromatic heterocycles. The normalized spacial score (nSPS) is 26.8. The van der Waals surface area contributed by atoms with E-state index in [0.717, 1.165) is 12.5 Å². The summed E-state index contributed by atoms with van der Waals surface area (Å²) in [4.78, 5) is 0. The van der Waals surface area contributed by atoms with Gasteiger partial charge in [-0.2, -0.15) is 0 Å². The Hall–Kier alpha value is -0.720. The highest BCUT2D eigenvalue weighted by Gasteiger charge is 2.21. The van der Waals surface area contributed by atoms with E-state index in [1.165, 1.54) is 17.7 Å². The third-order valence-corrected chi connectivity index (χ3v) is 2.78. The van der Waals surface area contributed by atoms with Gasteiger partial charge in [-0.15, -0.1) is 0 Å². The van der Waals surface area contributed by atoms with Crippen LogP contribution in [0.5, 0.6) is 0 Å². The fourth-order valence-corrected chi connectivity index (χ4v) is 1.80. The molecule has 15 heavy (non-hydrogen) atoms. The third kappa shape index (κ3) is 3.73. The van der Waals surface area contributed by atoms with Crippen LogP contribution in [0.15, 0.2) is 23.4 Å². The SMILES string of the molecule is CC.CC.CC1C=C2CCNC2=CC1C. The lowest BCUT2D eigenvalue weighted by Gasteiger charge is -2.20. The molecular weight excluding hydrogens is 182 g/mol. The maximum Gasteiger partial charge on any atom is 0.0332 e. The molecule has 0 aromatic carbocycles. The summed E-state index contributed by atoms with van der Waals surface area (Å²) >= 11 is 0. The molecule has 0 aromatic rings. The van der Waals surface area contributed by atoms with Crippen molar-refractivity contribution in [3.05, 3.63) is 23.4 Å². The second-order valence-corrected chi connectivity index (χ2v) is 3.67. The van der Waals surface area contributed by atoms with E-state index >= 15 is 0 Å². The molecule has 1 saturated heterocycles. The van der Waals surface area contributed by atoms with Crippen molar-refractivity contribution in [3.63, 3.8) is 0 Å². The lowest BCUT2D eigenvalue weighted by atomic mass is 9.87. The zero-order valence-corrected chi connectivity index (χ0v) is 11.2. The van der Waals surface area contributed by atoms with Crippen LogP contribution in [0.25, 0.3) is 0 Å².